The first-order valence-corrected chi connectivity index (χ1v) is 14.0. The van der Waals surface area contributed by atoms with Crippen molar-refractivity contribution in [2.75, 3.05) is 27.2 Å². The fourth-order valence-corrected chi connectivity index (χ4v) is 6.14. The largest absolute Gasteiger partial charge is 0.464 e. The molecule has 0 bridgehead atoms. The van der Waals surface area contributed by atoms with Crippen LogP contribution in [0.1, 0.15) is 16.7 Å². The van der Waals surface area contributed by atoms with Crippen LogP contribution < -0.4 is 5.43 Å². The van der Waals surface area contributed by atoms with Gasteiger partial charge in [-0.2, -0.15) is 0 Å². The molecule has 0 amide bonds. The molecule has 8 heteroatoms. The SMILES string of the molecule is Cc1ccc2occ(CN(C)CCN(C)Cc3cn(S(=O)(=O)c4ccccc4)c4ccccc34)c(=O)c2c1. The molecule has 2 aromatic heterocycles. The molecule has 0 unspecified atom stereocenters. The van der Waals surface area contributed by atoms with E-state index in [-0.39, 0.29) is 10.3 Å². The molecule has 0 saturated carbocycles. The van der Waals surface area contributed by atoms with E-state index >= 15 is 0 Å². The monoisotopic (exact) mass is 529 g/mol. The Hall–Kier alpha value is -3.72. The summed E-state index contributed by atoms with van der Waals surface area (Å²) in [5.41, 5.74) is 3.85. The van der Waals surface area contributed by atoms with Crippen molar-refractivity contribution in [3.05, 3.63) is 112 Å². The molecule has 0 spiro atoms. The van der Waals surface area contributed by atoms with Gasteiger partial charge >= 0.3 is 0 Å². The van der Waals surface area contributed by atoms with Gasteiger partial charge in [-0.15, -0.1) is 0 Å². The van der Waals surface area contributed by atoms with Crippen LogP contribution in [0, 0.1) is 6.92 Å². The van der Waals surface area contributed by atoms with Crippen molar-refractivity contribution in [3.8, 4) is 0 Å². The zero-order chi connectivity index (χ0) is 26.9. The smallest absolute Gasteiger partial charge is 0.268 e. The highest BCUT2D eigenvalue weighted by atomic mass is 32.2. The van der Waals surface area contributed by atoms with Crippen molar-refractivity contribution >= 4 is 31.9 Å². The summed E-state index contributed by atoms with van der Waals surface area (Å²) in [5.74, 6) is 0. The Balaban J connectivity index is 1.29. The molecule has 0 N–H and O–H groups in total. The van der Waals surface area contributed by atoms with Gasteiger partial charge < -0.3 is 14.2 Å². The lowest BCUT2D eigenvalue weighted by Gasteiger charge is -2.21. The number of aryl methyl sites for hydroxylation is 1. The first kappa shape index (κ1) is 25.9. The first-order chi connectivity index (χ1) is 18.2. The van der Waals surface area contributed by atoms with E-state index in [2.05, 4.69) is 9.80 Å². The Morgan fingerprint density at radius 3 is 2.21 bits per heavy atom. The normalized spacial score (nSPS) is 12.2. The minimum Gasteiger partial charge on any atom is -0.464 e. The predicted octanol–water partition coefficient (Wildman–Crippen LogP) is 4.86. The van der Waals surface area contributed by atoms with Crippen molar-refractivity contribution in [1.82, 2.24) is 13.8 Å². The van der Waals surface area contributed by atoms with E-state index in [0.717, 1.165) is 29.6 Å². The van der Waals surface area contributed by atoms with Gasteiger partial charge in [-0.25, -0.2) is 12.4 Å². The van der Waals surface area contributed by atoms with Crippen LogP contribution in [0.2, 0.25) is 0 Å². The quantitative estimate of drug-likeness (QED) is 0.272. The number of hydrogen-bond acceptors (Lipinski definition) is 6. The van der Waals surface area contributed by atoms with Crippen LogP contribution in [0.3, 0.4) is 0 Å². The van der Waals surface area contributed by atoms with Crippen molar-refractivity contribution in [3.63, 3.8) is 0 Å². The van der Waals surface area contributed by atoms with Gasteiger partial charge in [0.05, 0.1) is 22.1 Å². The van der Waals surface area contributed by atoms with Crippen LogP contribution in [-0.2, 0) is 23.1 Å². The Labute approximate surface area is 222 Å². The number of benzene rings is 3. The Bertz CT molecular complexity index is 1760. The number of hydrogen-bond donors (Lipinski definition) is 0. The second kappa shape index (κ2) is 10.6. The summed E-state index contributed by atoms with van der Waals surface area (Å²) in [7, 11) is 0.279. The van der Waals surface area contributed by atoms with E-state index in [0.29, 0.717) is 35.1 Å². The number of likely N-dealkylation sites (N-methyl/N-ethyl adjacent to an activating group) is 2. The van der Waals surface area contributed by atoms with Crippen LogP contribution in [-0.4, -0.2) is 49.4 Å². The maximum atomic E-state index is 13.4. The summed E-state index contributed by atoms with van der Waals surface area (Å²) in [5, 5.41) is 1.52. The maximum absolute atomic E-state index is 13.4. The first-order valence-electron chi connectivity index (χ1n) is 12.5. The molecule has 0 aliphatic carbocycles. The molecule has 0 saturated heterocycles. The van der Waals surface area contributed by atoms with Gasteiger partial charge in [0.2, 0.25) is 0 Å². The summed E-state index contributed by atoms with van der Waals surface area (Å²) < 4.78 is 33.8. The minimum atomic E-state index is -3.71. The molecule has 0 radical (unpaired) electrons. The molecule has 0 atom stereocenters. The topological polar surface area (TPSA) is 75.8 Å². The molecular weight excluding hydrogens is 498 g/mol. The highest BCUT2D eigenvalue weighted by Gasteiger charge is 2.21. The van der Waals surface area contributed by atoms with E-state index in [1.165, 1.54) is 3.97 Å². The Morgan fingerprint density at radius 2 is 1.47 bits per heavy atom. The third kappa shape index (κ3) is 5.15. The second-order valence-corrected chi connectivity index (χ2v) is 11.7. The number of aromatic nitrogens is 1. The lowest BCUT2D eigenvalue weighted by molar-refractivity contribution is 0.246. The van der Waals surface area contributed by atoms with Crippen molar-refractivity contribution in [2.45, 2.75) is 24.9 Å². The Kier molecular flexibility index (Phi) is 7.21. The van der Waals surface area contributed by atoms with E-state index in [1.807, 2.05) is 63.5 Å². The highest BCUT2D eigenvalue weighted by molar-refractivity contribution is 7.90. The summed E-state index contributed by atoms with van der Waals surface area (Å²) in [6.07, 6.45) is 3.29. The average molecular weight is 530 g/mol. The lowest BCUT2D eigenvalue weighted by Crippen LogP contribution is -2.31. The predicted molar refractivity (Wildman–Crippen MR) is 151 cm³/mol. The Morgan fingerprint density at radius 1 is 0.816 bits per heavy atom. The van der Waals surface area contributed by atoms with Crippen molar-refractivity contribution in [2.24, 2.45) is 0 Å². The number of fused-ring (bicyclic) bond motifs is 2. The number of para-hydroxylation sites is 1. The number of nitrogens with zero attached hydrogens (tertiary/aromatic N) is 3. The summed E-state index contributed by atoms with van der Waals surface area (Å²) in [6.45, 7) is 4.49. The third-order valence-electron chi connectivity index (χ3n) is 6.80. The van der Waals surface area contributed by atoms with E-state index < -0.39 is 10.0 Å². The minimum absolute atomic E-state index is 0.00240. The van der Waals surface area contributed by atoms with Gasteiger partial charge in [0.25, 0.3) is 10.0 Å². The van der Waals surface area contributed by atoms with Crippen LogP contribution >= 0.6 is 0 Å². The second-order valence-electron chi connectivity index (χ2n) is 9.85. The zero-order valence-electron chi connectivity index (χ0n) is 21.8. The zero-order valence-corrected chi connectivity index (χ0v) is 22.6. The molecule has 196 valence electrons. The van der Waals surface area contributed by atoms with Gasteiger partial charge in [-0.05, 0) is 56.9 Å². The van der Waals surface area contributed by atoms with E-state index in [4.69, 9.17) is 4.42 Å². The molecule has 5 rings (SSSR count). The molecule has 3 aromatic carbocycles. The fraction of sp³-hybridized carbons (Fsp3) is 0.233. The fourth-order valence-electron chi connectivity index (χ4n) is 4.72. The van der Waals surface area contributed by atoms with Gasteiger partial charge in [0.15, 0.2) is 5.43 Å². The summed E-state index contributed by atoms with van der Waals surface area (Å²) in [6, 6.07) is 21.7. The average Bonchev–Trinajstić information content (AvgIpc) is 3.29. The molecular formula is C30H31N3O4S. The van der Waals surface area contributed by atoms with Gasteiger partial charge in [-0.3, -0.25) is 4.79 Å². The summed E-state index contributed by atoms with van der Waals surface area (Å²) >= 11 is 0. The van der Waals surface area contributed by atoms with Crippen LogP contribution in [0.25, 0.3) is 21.9 Å². The van der Waals surface area contributed by atoms with Crippen LogP contribution in [0.5, 0.6) is 0 Å². The molecule has 2 heterocycles. The lowest BCUT2D eigenvalue weighted by atomic mass is 10.1. The molecule has 38 heavy (non-hydrogen) atoms. The van der Waals surface area contributed by atoms with Crippen molar-refractivity contribution < 1.29 is 12.8 Å². The molecule has 0 aliphatic rings. The van der Waals surface area contributed by atoms with Crippen LogP contribution in [0.15, 0.2) is 99.4 Å². The van der Waals surface area contributed by atoms with Crippen molar-refractivity contribution in [1.29, 1.82) is 0 Å². The summed E-state index contributed by atoms with van der Waals surface area (Å²) in [4.78, 5) is 17.5. The number of rotatable bonds is 9. The third-order valence-corrected chi connectivity index (χ3v) is 8.49. The van der Waals surface area contributed by atoms with Gasteiger partial charge in [0.1, 0.15) is 5.58 Å². The highest BCUT2D eigenvalue weighted by Crippen LogP contribution is 2.26. The molecule has 0 fully saturated rings. The molecule has 7 nitrogen and oxygen atoms in total. The standard InChI is InChI=1S/C30H31N3O4S/c1-22-13-14-29-27(17-22)30(34)24(21-37-29)19-32(3)16-15-31(2)18-23-20-33(28-12-8-7-11-26(23)28)38(35,36)25-9-5-4-6-10-25/h4-14,17,20-21H,15-16,18-19H2,1-3H3. The molecule has 0 aliphatic heterocycles. The maximum Gasteiger partial charge on any atom is 0.268 e. The molecule has 5 aromatic rings. The van der Waals surface area contributed by atoms with E-state index in [9.17, 15) is 13.2 Å². The van der Waals surface area contributed by atoms with Gasteiger partial charge in [-0.1, -0.05) is 48.0 Å². The van der Waals surface area contributed by atoms with Crippen LogP contribution in [0.4, 0.5) is 0 Å². The van der Waals surface area contributed by atoms with Gasteiger partial charge in [0, 0.05) is 43.3 Å². The van der Waals surface area contributed by atoms with E-state index in [1.54, 1.807) is 42.8 Å².